The van der Waals surface area contributed by atoms with Gasteiger partial charge in [-0.15, -0.1) is 29.9 Å². The molecule has 26 heavy (non-hydrogen) atoms. The third-order valence-corrected chi connectivity index (χ3v) is 4.70. The Morgan fingerprint density at radius 1 is 1.35 bits per heavy atom. The second-order valence-electron chi connectivity index (χ2n) is 6.22. The van der Waals surface area contributed by atoms with E-state index in [9.17, 15) is 4.79 Å². The summed E-state index contributed by atoms with van der Waals surface area (Å²) in [6, 6.07) is 0.0405. The lowest BCUT2D eigenvalue weighted by atomic mass is 10.00. The number of rotatable bonds is 6. The predicted octanol–water partition coefficient (Wildman–Crippen LogP) is 2.18. The normalized spacial score (nSPS) is 11.5. The summed E-state index contributed by atoms with van der Waals surface area (Å²) in [6.07, 6.45) is 1.07. The quantitative estimate of drug-likeness (QED) is 0.795. The summed E-state index contributed by atoms with van der Waals surface area (Å²) in [6.45, 7) is 6.41. The SMILES string of the molecule is COc1nn(C)c2nc(C)c(CCC(=O)N(C)C(C)CN)c(C)c12.Cl.Cl. The number of carbonyl (C=O) groups excluding carboxylic acids is 1. The van der Waals surface area contributed by atoms with E-state index in [-0.39, 0.29) is 36.8 Å². The van der Waals surface area contributed by atoms with Crippen LogP contribution in [0.25, 0.3) is 11.0 Å². The summed E-state index contributed by atoms with van der Waals surface area (Å²) >= 11 is 0. The molecule has 2 heterocycles. The number of amides is 1. The van der Waals surface area contributed by atoms with Crippen LogP contribution in [0.1, 0.15) is 30.2 Å². The molecule has 2 aromatic rings. The summed E-state index contributed by atoms with van der Waals surface area (Å²) < 4.78 is 7.09. The van der Waals surface area contributed by atoms with Gasteiger partial charge in [0.05, 0.1) is 12.5 Å². The topological polar surface area (TPSA) is 86.3 Å². The Balaban J connectivity index is 0.00000312. The number of ether oxygens (including phenoxy) is 1. The third kappa shape index (κ3) is 4.58. The van der Waals surface area contributed by atoms with Gasteiger partial charge in [0, 0.05) is 38.8 Å². The molecule has 2 aromatic heterocycles. The van der Waals surface area contributed by atoms with Gasteiger partial charge in [-0.2, -0.15) is 0 Å². The van der Waals surface area contributed by atoms with Crippen molar-refractivity contribution >= 4 is 41.8 Å². The molecule has 0 radical (unpaired) electrons. The van der Waals surface area contributed by atoms with E-state index < -0.39 is 0 Å². The minimum absolute atomic E-state index is 0. The van der Waals surface area contributed by atoms with Crippen molar-refractivity contribution in [2.24, 2.45) is 12.8 Å². The molecule has 0 aliphatic rings. The van der Waals surface area contributed by atoms with E-state index in [0.29, 0.717) is 25.3 Å². The number of hydrogen-bond acceptors (Lipinski definition) is 5. The van der Waals surface area contributed by atoms with E-state index in [1.807, 2.05) is 27.8 Å². The summed E-state index contributed by atoms with van der Waals surface area (Å²) in [5, 5.41) is 5.27. The number of methoxy groups -OCH3 is 1. The molecular formula is C17H29Cl2N5O2. The second kappa shape index (κ2) is 9.94. The summed E-state index contributed by atoms with van der Waals surface area (Å²) in [4.78, 5) is 18.7. The average Bonchev–Trinajstić information content (AvgIpc) is 2.89. The van der Waals surface area contributed by atoms with Crippen LogP contribution in [0.3, 0.4) is 0 Å². The number of pyridine rings is 1. The van der Waals surface area contributed by atoms with E-state index >= 15 is 0 Å². The fourth-order valence-corrected chi connectivity index (χ4v) is 2.92. The highest BCUT2D eigenvalue weighted by atomic mass is 35.5. The van der Waals surface area contributed by atoms with Gasteiger partial charge in [0.1, 0.15) is 0 Å². The van der Waals surface area contributed by atoms with Gasteiger partial charge in [-0.1, -0.05) is 0 Å². The minimum atomic E-state index is 0. The number of carbonyl (C=O) groups is 1. The van der Waals surface area contributed by atoms with Gasteiger partial charge in [0.15, 0.2) is 5.65 Å². The smallest absolute Gasteiger partial charge is 0.242 e. The molecule has 0 bridgehead atoms. The van der Waals surface area contributed by atoms with Crippen LogP contribution in [-0.2, 0) is 18.3 Å². The molecule has 0 saturated carbocycles. The van der Waals surface area contributed by atoms with E-state index in [2.05, 4.69) is 10.1 Å². The number of aromatic nitrogens is 3. The maximum Gasteiger partial charge on any atom is 0.242 e. The van der Waals surface area contributed by atoms with E-state index in [1.165, 1.54) is 0 Å². The molecule has 0 spiro atoms. The molecule has 148 valence electrons. The van der Waals surface area contributed by atoms with Crippen LogP contribution in [-0.4, -0.2) is 52.3 Å². The van der Waals surface area contributed by atoms with Crippen molar-refractivity contribution in [1.82, 2.24) is 19.7 Å². The fraction of sp³-hybridized carbons (Fsp3) is 0.588. The highest BCUT2D eigenvalue weighted by molar-refractivity contribution is 5.86. The Morgan fingerprint density at radius 2 is 1.96 bits per heavy atom. The molecule has 0 fully saturated rings. The lowest BCUT2D eigenvalue weighted by molar-refractivity contribution is -0.131. The van der Waals surface area contributed by atoms with Crippen LogP contribution in [0, 0.1) is 13.8 Å². The number of halogens is 2. The minimum Gasteiger partial charge on any atom is -0.479 e. The lowest BCUT2D eigenvalue weighted by Gasteiger charge is -2.24. The van der Waals surface area contributed by atoms with Crippen molar-refractivity contribution in [2.75, 3.05) is 20.7 Å². The maximum atomic E-state index is 12.3. The van der Waals surface area contributed by atoms with Crippen LogP contribution in [0.4, 0.5) is 0 Å². The van der Waals surface area contributed by atoms with Crippen molar-refractivity contribution < 1.29 is 9.53 Å². The molecule has 2 rings (SSSR count). The molecule has 7 nitrogen and oxygen atoms in total. The number of aryl methyl sites for hydroxylation is 3. The predicted molar refractivity (Wildman–Crippen MR) is 109 cm³/mol. The van der Waals surface area contributed by atoms with Gasteiger partial charge in [-0.05, 0) is 38.3 Å². The van der Waals surface area contributed by atoms with Crippen LogP contribution in [0.15, 0.2) is 0 Å². The first kappa shape index (κ1) is 24.4. The zero-order chi connectivity index (χ0) is 18.0. The molecule has 0 aliphatic carbocycles. The maximum absolute atomic E-state index is 12.3. The van der Waals surface area contributed by atoms with Gasteiger partial charge < -0.3 is 15.4 Å². The van der Waals surface area contributed by atoms with Crippen molar-refractivity contribution in [3.05, 3.63) is 16.8 Å². The number of hydrogen-bond donors (Lipinski definition) is 1. The molecule has 0 saturated heterocycles. The first-order valence-electron chi connectivity index (χ1n) is 8.14. The van der Waals surface area contributed by atoms with Crippen molar-refractivity contribution in [1.29, 1.82) is 0 Å². The number of fused-ring (bicyclic) bond motifs is 1. The van der Waals surface area contributed by atoms with Crippen LogP contribution >= 0.6 is 24.8 Å². The van der Waals surface area contributed by atoms with Crippen LogP contribution < -0.4 is 10.5 Å². The number of nitrogens with two attached hydrogens (primary N) is 1. The molecule has 0 aliphatic heterocycles. The summed E-state index contributed by atoms with van der Waals surface area (Å²) in [5.41, 5.74) is 9.51. The van der Waals surface area contributed by atoms with E-state index in [0.717, 1.165) is 27.9 Å². The molecule has 9 heteroatoms. The second-order valence-corrected chi connectivity index (χ2v) is 6.22. The van der Waals surface area contributed by atoms with Gasteiger partial charge in [0.2, 0.25) is 11.8 Å². The molecule has 1 atom stereocenters. The summed E-state index contributed by atoms with van der Waals surface area (Å²) in [5.74, 6) is 0.656. The highest BCUT2D eigenvalue weighted by Crippen LogP contribution is 2.30. The van der Waals surface area contributed by atoms with Gasteiger partial charge in [-0.25, -0.2) is 9.67 Å². The Labute approximate surface area is 167 Å². The zero-order valence-corrected chi connectivity index (χ0v) is 17.8. The molecular weight excluding hydrogens is 377 g/mol. The number of nitrogens with zero attached hydrogens (tertiary/aromatic N) is 4. The first-order valence-corrected chi connectivity index (χ1v) is 8.14. The van der Waals surface area contributed by atoms with Crippen molar-refractivity contribution in [3.63, 3.8) is 0 Å². The molecule has 2 N–H and O–H groups in total. The van der Waals surface area contributed by atoms with E-state index in [1.54, 1.807) is 23.7 Å². The fourth-order valence-electron chi connectivity index (χ4n) is 2.92. The Kier molecular flexibility index (Phi) is 9.34. The van der Waals surface area contributed by atoms with Crippen molar-refractivity contribution in [2.45, 2.75) is 39.7 Å². The molecule has 0 aromatic carbocycles. The standard InChI is InChI=1S/C17H27N5O2.2ClH/c1-10(9-18)21(4)14(23)8-7-13-11(2)15-16(19-12(13)3)22(5)20-17(15)24-6;;/h10H,7-9,18H2,1-6H3;2*1H. The Bertz CT molecular complexity index is 763. The largest absolute Gasteiger partial charge is 0.479 e. The first-order chi connectivity index (χ1) is 11.3. The molecule has 1 unspecified atom stereocenters. The van der Waals surface area contributed by atoms with Gasteiger partial charge in [-0.3, -0.25) is 4.79 Å². The van der Waals surface area contributed by atoms with Crippen LogP contribution in [0.2, 0.25) is 0 Å². The van der Waals surface area contributed by atoms with Gasteiger partial charge in [0.25, 0.3) is 0 Å². The number of likely N-dealkylation sites (N-methyl/N-ethyl adjacent to an activating group) is 1. The third-order valence-electron chi connectivity index (χ3n) is 4.70. The Morgan fingerprint density at radius 3 is 2.50 bits per heavy atom. The zero-order valence-electron chi connectivity index (χ0n) is 16.2. The van der Waals surface area contributed by atoms with Gasteiger partial charge >= 0.3 is 0 Å². The Hall–Kier alpha value is -1.57. The lowest BCUT2D eigenvalue weighted by Crippen LogP contribution is -2.39. The molecule has 1 amide bonds. The van der Waals surface area contributed by atoms with Crippen LogP contribution in [0.5, 0.6) is 5.88 Å². The van der Waals surface area contributed by atoms with Crippen molar-refractivity contribution in [3.8, 4) is 5.88 Å². The highest BCUT2D eigenvalue weighted by Gasteiger charge is 2.20. The summed E-state index contributed by atoms with van der Waals surface area (Å²) in [7, 11) is 5.25. The average molecular weight is 406 g/mol. The van der Waals surface area contributed by atoms with E-state index in [4.69, 9.17) is 10.5 Å². The monoisotopic (exact) mass is 405 g/mol.